The molecule has 1 unspecified atom stereocenters. The van der Waals surface area contributed by atoms with Crippen molar-refractivity contribution < 1.29 is 38.5 Å². The summed E-state index contributed by atoms with van der Waals surface area (Å²) in [6, 6.07) is 5.43. The zero-order chi connectivity index (χ0) is 34.2. The van der Waals surface area contributed by atoms with Gasteiger partial charge in [-0.05, 0) is 74.6 Å². The van der Waals surface area contributed by atoms with Gasteiger partial charge in [-0.1, -0.05) is 33.8 Å². The van der Waals surface area contributed by atoms with Gasteiger partial charge in [-0.25, -0.2) is 9.78 Å². The average molecular weight is 638 g/mol. The topological polar surface area (TPSA) is 144 Å². The van der Waals surface area contributed by atoms with Gasteiger partial charge in [-0.2, -0.15) is 0 Å². The second-order valence-electron chi connectivity index (χ2n) is 14.6. The third-order valence-electron chi connectivity index (χ3n) is 8.86. The summed E-state index contributed by atoms with van der Waals surface area (Å²) >= 11 is 0. The Morgan fingerprint density at radius 2 is 1.87 bits per heavy atom. The average Bonchev–Trinajstić information content (AvgIpc) is 3.53. The molecule has 250 valence electrons. The van der Waals surface area contributed by atoms with Crippen LogP contribution in [0.15, 0.2) is 43.1 Å². The Bertz CT molecular complexity index is 1510. The Hall–Kier alpha value is -4.15. The Labute approximate surface area is 270 Å². The van der Waals surface area contributed by atoms with Crippen molar-refractivity contribution in [3.63, 3.8) is 0 Å². The summed E-state index contributed by atoms with van der Waals surface area (Å²) in [5.41, 5.74) is -2.56. The van der Waals surface area contributed by atoms with Crippen molar-refractivity contribution in [2.45, 2.75) is 91.5 Å². The minimum absolute atomic E-state index is 0.0676. The number of aliphatic carboxylic acids is 1. The van der Waals surface area contributed by atoms with E-state index >= 15 is 0 Å². The Kier molecular flexibility index (Phi) is 9.75. The first-order valence-electron chi connectivity index (χ1n) is 15.7. The van der Waals surface area contributed by atoms with Crippen LogP contribution in [0.3, 0.4) is 0 Å². The first kappa shape index (κ1) is 34.7. The fourth-order valence-electron chi connectivity index (χ4n) is 6.33. The lowest BCUT2D eigenvalue weighted by Gasteiger charge is -2.36. The first-order valence-corrected chi connectivity index (χ1v) is 15.7. The number of alkyl carbamates (subject to hydrolysis) is 1. The highest BCUT2D eigenvalue weighted by molar-refractivity contribution is 5.95. The molecule has 0 bridgehead atoms. The summed E-state index contributed by atoms with van der Waals surface area (Å²) < 4.78 is 17.2. The molecule has 2 heterocycles. The number of carboxylic acid groups (broad SMARTS) is 1. The van der Waals surface area contributed by atoms with E-state index in [0.717, 1.165) is 10.8 Å². The number of aromatic nitrogens is 1. The maximum atomic E-state index is 14.3. The summed E-state index contributed by atoms with van der Waals surface area (Å²) in [4.78, 5) is 59.4. The predicted octanol–water partition coefficient (Wildman–Crippen LogP) is 5.40. The molecule has 1 aromatic carbocycles. The van der Waals surface area contributed by atoms with E-state index < -0.39 is 58.5 Å². The Morgan fingerprint density at radius 3 is 2.43 bits per heavy atom. The van der Waals surface area contributed by atoms with Crippen molar-refractivity contribution in [1.29, 1.82) is 0 Å². The zero-order valence-electron chi connectivity index (χ0n) is 28.1. The summed E-state index contributed by atoms with van der Waals surface area (Å²) in [5.74, 6) is -1.49. The lowest BCUT2D eigenvalue weighted by Crippen LogP contribution is -2.57. The predicted molar refractivity (Wildman–Crippen MR) is 173 cm³/mol. The quantitative estimate of drug-likeness (QED) is 0.309. The minimum atomic E-state index is -1.04. The number of carbonyl (C=O) groups is 4. The lowest BCUT2D eigenvalue weighted by molar-refractivity contribution is -0.146. The van der Waals surface area contributed by atoms with Gasteiger partial charge < -0.3 is 29.5 Å². The van der Waals surface area contributed by atoms with Crippen LogP contribution in [0, 0.1) is 22.7 Å². The number of nitrogens with zero attached hydrogens (tertiary/aromatic N) is 2. The van der Waals surface area contributed by atoms with Crippen LogP contribution >= 0.6 is 0 Å². The smallest absolute Gasteiger partial charge is 0.408 e. The molecule has 1 aromatic heterocycles. The van der Waals surface area contributed by atoms with Crippen LogP contribution in [-0.2, 0) is 19.1 Å². The summed E-state index contributed by atoms with van der Waals surface area (Å²) in [6.45, 7) is 16.2. The van der Waals surface area contributed by atoms with Crippen LogP contribution < -0.4 is 14.8 Å². The molecule has 6 atom stereocenters. The molecule has 1 saturated heterocycles. The van der Waals surface area contributed by atoms with Crippen molar-refractivity contribution in [1.82, 2.24) is 15.2 Å². The number of hydrogen-bond donors (Lipinski definition) is 2. The van der Waals surface area contributed by atoms with E-state index in [2.05, 4.69) is 16.9 Å². The van der Waals surface area contributed by atoms with Crippen LogP contribution in [0.5, 0.6) is 11.6 Å². The van der Waals surface area contributed by atoms with Gasteiger partial charge in [0.1, 0.15) is 23.5 Å². The number of hydrogen-bond acceptors (Lipinski definition) is 8. The largest absolute Gasteiger partial charge is 0.497 e. The molecule has 1 aliphatic carbocycles. The molecule has 2 fully saturated rings. The molecule has 1 saturated carbocycles. The van der Waals surface area contributed by atoms with Crippen LogP contribution in [0.1, 0.15) is 67.7 Å². The van der Waals surface area contributed by atoms with Gasteiger partial charge in [-0.15, -0.1) is 6.58 Å². The molecule has 0 spiro atoms. The Balaban J connectivity index is 1.65. The molecule has 2 aromatic rings. The standard InChI is InChI=1S/C35H47N3O8/c1-10-22-18-35(22,31(41)42)17-20(2)27(39)26-16-24(45-29-25-12-11-23(44-9)15-21(25)13-14-36-29)19-38(26)30(40)28(33(3,4)5)37-32(43)46-34(6,7)8/h10-15,20,22,24,26,28H,1,16-19H2,2-9H3,(H,37,43)(H,41,42)/t20?,22-,24-,26+,28-,35+/m1/s1. The molecule has 11 nitrogen and oxygen atoms in total. The van der Waals surface area contributed by atoms with Gasteiger partial charge in [0.25, 0.3) is 0 Å². The van der Waals surface area contributed by atoms with E-state index in [4.69, 9.17) is 14.2 Å². The highest BCUT2D eigenvalue weighted by Crippen LogP contribution is 2.57. The number of likely N-dealkylation sites (tertiary alicyclic amines) is 1. The number of carbonyl (C=O) groups excluding carboxylic acids is 3. The monoisotopic (exact) mass is 637 g/mol. The van der Waals surface area contributed by atoms with Gasteiger partial charge in [-0.3, -0.25) is 14.4 Å². The number of ether oxygens (including phenoxy) is 3. The Morgan fingerprint density at radius 1 is 1.17 bits per heavy atom. The third-order valence-corrected chi connectivity index (χ3v) is 8.86. The maximum Gasteiger partial charge on any atom is 0.408 e. The SMILES string of the molecule is C=C[C@@H]1C[C@]1(CC(C)C(=O)[C@@H]1C[C@@H](Oc2nccc3cc(OC)ccc23)CN1C(=O)[C@@H](NC(=O)OC(C)(C)C)C(C)(C)C)C(=O)O. The molecule has 11 heteroatoms. The number of rotatable bonds is 11. The van der Waals surface area contributed by atoms with E-state index in [9.17, 15) is 24.3 Å². The highest BCUT2D eigenvalue weighted by Gasteiger charge is 2.60. The molecule has 2 amide bonds. The fourth-order valence-corrected chi connectivity index (χ4v) is 6.33. The van der Waals surface area contributed by atoms with Gasteiger partial charge in [0.15, 0.2) is 5.78 Å². The number of allylic oxidation sites excluding steroid dienone is 1. The second-order valence-corrected chi connectivity index (χ2v) is 14.6. The second kappa shape index (κ2) is 12.9. The number of pyridine rings is 1. The minimum Gasteiger partial charge on any atom is -0.497 e. The highest BCUT2D eigenvalue weighted by atomic mass is 16.6. The lowest BCUT2D eigenvalue weighted by atomic mass is 9.84. The van der Waals surface area contributed by atoms with Crippen LogP contribution in [-0.4, -0.2) is 76.2 Å². The molecule has 2 aliphatic rings. The van der Waals surface area contributed by atoms with Crippen LogP contribution in [0.4, 0.5) is 4.79 Å². The van der Waals surface area contributed by atoms with Crippen molar-refractivity contribution in [3.05, 3.63) is 43.1 Å². The number of ketones is 1. The normalized spacial score (nSPS) is 24.1. The maximum absolute atomic E-state index is 14.3. The van der Waals surface area contributed by atoms with E-state index in [-0.39, 0.29) is 31.1 Å². The van der Waals surface area contributed by atoms with Crippen LogP contribution in [0.2, 0.25) is 0 Å². The number of carboxylic acids is 1. The molecular formula is C35H47N3O8. The number of fused-ring (bicyclic) bond motifs is 1. The third kappa shape index (κ3) is 7.45. The van der Waals surface area contributed by atoms with Gasteiger partial charge in [0.2, 0.25) is 11.8 Å². The van der Waals surface area contributed by atoms with Crippen molar-refractivity contribution in [3.8, 4) is 11.6 Å². The molecule has 2 N–H and O–H groups in total. The van der Waals surface area contributed by atoms with Crippen molar-refractivity contribution in [2.24, 2.45) is 22.7 Å². The number of benzene rings is 1. The fraction of sp³-hybridized carbons (Fsp3) is 0.571. The van der Waals surface area contributed by atoms with E-state index in [1.54, 1.807) is 53.1 Å². The summed E-state index contributed by atoms with van der Waals surface area (Å²) in [6.07, 6.45) is 2.65. The molecule has 4 rings (SSSR count). The zero-order valence-corrected chi connectivity index (χ0v) is 28.1. The van der Waals surface area contributed by atoms with Gasteiger partial charge >= 0.3 is 12.1 Å². The number of Topliss-reactive ketones (excluding diaryl/α,β-unsaturated/α-hetero) is 1. The van der Waals surface area contributed by atoms with Crippen molar-refractivity contribution in [2.75, 3.05) is 13.7 Å². The van der Waals surface area contributed by atoms with Crippen LogP contribution in [0.25, 0.3) is 10.8 Å². The van der Waals surface area contributed by atoms with Gasteiger partial charge in [0, 0.05) is 23.9 Å². The van der Waals surface area contributed by atoms with E-state index in [1.165, 1.54) is 4.90 Å². The summed E-state index contributed by atoms with van der Waals surface area (Å²) in [7, 11) is 1.59. The molecular weight excluding hydrogens is 590 g/mol. The number of nitrogens with one attached hydrogen (secondary N) is 1. The number of methoxy groups -OCH3 is 1. The molecule has 46 heavy (non-hydrogen) atoms. The van der Waals surface area contributed by atoms with Crippen molar-refractivity contribution >= 4 is 34.5 Å². The first-order chi connectivity index (χ1) is 21.4. The summed E-state index contributed by atoms with van der Waals surface area (Å²) in [5, 5.41) is 14.3. The number of amides is 2. The molecule has 1 aliphatic heterocycles. The molecule has 0 radical (unpaired) electrons. The van der Waals surface area contributed by atoms with E-state index in [0.29, 0.717) is 18.1 Å². The van der Waals surface area contributed by atoms with E-state index in [1.807, 2.05) is 39.0 Å². The van der Waals surface area contributed by atoms with Gasteiger partial charge in [0.05, 0.1) is 25.1 Å².